The van der Waals surface area contributed by atoms with Crippen molar-refractivity contribution in [1.82, 2.24) is 9.80 Å². The normalized spacial score (nSPS) is 18.4. The maximum absolute atomic E-state index is 12.4. The second-order valence-corrected chi connectivity index (χ2v) is 6.11. The maximum atomic E-state index is 12.4. The molecule has 0 aromatic rings. The second-order valence-electron chi connectivity index (χ2n) is 5.65. The molecule has 1 fully saturated rings. The number of nitrogens with zero attached hydrogens (tertiary/aromatic N) is 2. The van der Waals surface area contributed by atoms with Gasteiger partial charge in [0.1, 0.15) is 0 Å². The summed E-state index contributed by atoms with van der Waals surface area (Å²) in [5.74, 6) is 0. The van der Waals surface area contributed by atoms with E-state index in [1.807, 2.05) is 18.7 Å². The van der Waals surface area contributed by atoms with Gasteiger partial charge in [0.05, 0.1) is 0 Å². The fourth-order valence-corrected chi connectivity index (χ4v) is 2.37. The monoisotopic (exact) mass is 396 g/mol. The number of alkyl halides is 6. The molecule has 0 atom stereocenters. The Bertz CT molecular complexity index is 485. The molecule has 1 aliphatic rings. The summed E-state index contributed by atoms with van der Waals surface area (Å²) in [6.07, 6.45) is -16.5. The van der Waals surface area contributed by atoms with Gasteiger partial charge in [0, 0.05) is 37.8 Å². The van der Waals surface area contributed by atoms with Crippen LogP contribution < -0.4 is 0 Å². The maximum Gasteiger partial charge on any atom is 0.434 e. The molecule has 0 spiro atoms. The minimum Gasteiger partial charge on any atom is -0.426 e. The summed E-state index contributed by atoms with van der Waals surface area (Å²) in [5, 5.41) is 0.694. The van der Waals surface area contributed by atoms with Crippen molar-refractivity contribution in [3.63, 3.8) is 0 Å². The number of carbonyl (C=O) groups is 1. The van der Waals surface area contributed by atoms with Crippen LogP contribution in [0.2, 0.25) is 0 Å². The molecule has 0 saturated carbocycles. The Labute approximate surface area is 146 Å². The number of hydrogen-bond donors (Lipinski definition) is 0. The first kappa shape index (κ1) is 21.9. The number of piperazine rings is 1. The van der Waals surface area contributed by atoms with Crippen molar-refractivity contribution in [2.24, 2.45) is 0 Å². The average molecular weight is 397 g/mol. The summed E-state index contributed by atoms with van der Waals surface area (Å²) < 4.78 is 78.2. The lowest BCUT2D eigenvalue weighted by molar-refractivity contribution is -0.308. The summed E-state index contributed by atoms with van der Waals surface area (Å²) in [6, 6.07) is 0. The Morgan fingerprint density at radius 3 is 1.96 bits per heavy atom. The summed E-state index contributed by atoms with van der Waals surface area (Å²) in [4.78, 5) is 14.4. The first-order valence-corrected chi connectivity index (χ1v) is 7.89. The lowest BCUT2D eigenvalue weighted by atomic mass is 10.2. The minimum atomic E-state index is -5.71. The van der Waals surface area contributed by atoms with Gasteiger partial charge in [-0.15, -0.1) is 0 Å². The molecule has 25 heavy (non-hydrogen) atoms. The zero-order valence-electron chi connectivity index (χ0n) is 13.7. The van der Waals surface area contributed by atoms with Crippen LogP contribution in [0.3, 0.4) is 0 Å². The van der Waals surface area contributed by atoms with Crippen LogP contribution in [0.5, 0.6) is 0 Å². The van der Waals surface area contributed by atoms with Crippen LogP contribution in [0.1, 0.15) is 20.3 Å². The van der Waals surface area contributed by atoms with E-state index >= 15 is 0 Å². The Kier molecular flexibility index (Phi) is 7.42. The molecular formula is C14H19ClF6N2O2. The van der Waals surface area contributed by atoms with Crippen LogP contribution >= 0.6 is 11.6 Å². The molecule has 1 amide bonds. The summed E-state index contributed by atoms with van der Waals surface area (Å²) in [6.45, 7) is 4.77. The molecule has 0 unspecified atom stereocenters. The zero-order valence-corrected chi connectivity index (χ0v) is 14.4. The molecule has 146 valence electrons. The van der Waals surface area contributed by atoms with Crippen LogP contribution in [-0.2, 0) is 4.74 Å². The van der Waals surface area contributed by atoms with Crippen molar-refractivity contribution in [3.8, 4) is 0 Å². The number of rotatable bonds is 4. The van der Waals surface area contributed by atoms with Gasteiger partial charge in [0.15, 0.2) is 0 Å². The highest BCUT2D eigenvalue weighted by molar-refractivity contribution is 6.29. The van der Waals surface area contributed by atoms with Crippen LogP contribution in [-0.4, -0.2) is 67.1 Å². The van der Waals surface area contributed by atoms with E-state index in [4.69, 9.17) is 11.6 Å². The standard InChI is InChI=1S/C14H19ClF6N2O2/c1-3-10(15)9(2)8-22-4-6-23(7-5-22)12(24)25-11(13(16,17)18)14(19,20)21/h11H,3-8H2,1-2H3. The van der Waals surface area contributed by atoms with E-state index in [-0.39, 0.29) is 13.1 Å². The molecule has 0 bridgehead atoms. The molecule has 11 heteroatoms. The van der Waals surface area contributed by atoms with E-state index in [1.54, 1.807) is 0 Å². The quantitative estimate of drug-likeness (QED) is 0.669. The predicted octanol–water partition coefficient (Wildman–Crippen LogP) is 4.16. The largest absolute Gasteiger partial charge is 0.434 e. The molecule has 4 nitrogen and oxygen atoms in total. The van der Waals surface area contributed by atoms with Crippen LogP contribution in [0, 0.1) is 0 Å². The molecule has 0 aliphatic carbocycles. The average Bonchev–Trinajstić information content (AvgIpc) is 2.49. The predicted molar refractivity (Wildman–Crippen MR) is 79.2 cm³/mol. The number of halogens is 7. The van der Waals surface area contributed by atoms with Crippen molar-refractivity contribution in [2.45, 2.75) is 38.7 Å². The van der Waals surface area contributed by atoms with Crippen molar-refractivity contribution < 1.29 is 35.9 Å². The summed E-state index contributed by atoms with van der Waals surface area (Å²) in [7, 11) is 0. The van der Waals surface area contributed by atoms with Crippen LogP contribution in [0.25, 0.3) is 0 Å². The fourth-order valence-electron chi connectivity index (χ4n) is 2.31. The number of ether oxygens (including phenoxy) is 1. The first-order chi connectivity index (χ1) is 11.4. The van der Waals surface area contributed by atoms with Gasteiger partial charge >= 0.3 is 18.4 Å². The van der Waals surface area contributed by atoms with Crippen molar-refractivity contribution in [3.05, 3.63) is 10.6 Å². The Hall–Kier alpha value is -1.16. The van der Waals surface area contributed by atoms with Gasteiger partial charge in [-0.05, 0) is 18.9 Å². The van der Waals surface area contributed by atoms with Gasteiger partial charge in [0.25, 0.3) is 6.10 Å². The van der Waals surface area contributed by atoms with Crippen LogP contribution in [0.4, 0.5) is 31.1 Å². The highest BCUT2D eigenvalue weighted by Gasteiger charge is 2.60. The minimum absolute atomic E-state index is 0.0295. The third-order valence-corrected chi connectivity index (χ3v) is 4.27. The van der Waals surface area contributed by atoms with Gasteiger partial charge in [-0.3, -0.25) is 4.90 Å². The molecular weight excluding hydrogens is 378 g/mol. The number of carbonyl (C=O) groups excluding carboxylic acids is 1. The number of hydrogen-bond acceptors (Lipinski definition) is 3. The van der Waals surface area contributed by atoms with Crippen molar-refractivity contribution in [1.29, 1.82) is 0 Å². The number of allylic oxidation sites excluding steroid dienone is 1. The molecule has 0 N–H and O–H groups in total. The van der Waals surface area contributed by atoms with Crippen LogP contribution in [0.15, 0.2) is 10.6 Å². The summed E-state index contributed by atoms with van der Waals surface area (Å²) >= 11 is 6.01. The molecule has 1 heterocycles. The topological polar surface area (TPSA) is 32.8 Å². The van der Waals surface area contributed by atoms with E-state index in [0.717, 1.165) is 10.5 Å². The van der Waals surface area contributed by atoms with E-state index in [9.17, 15) is 31.1 Å². The van der Waals surface area contributed by atoms with E-state index < -0.39 is 24.5 Å². The van der Waals surface area contributed by atoms with Gasteiger partial charge < -0.3 is 9.64 Å². The Balaban J connectivity index is 2.61. The van der Waals surface area contributed by atoms with E-state index in [0.29, 0.717) is 31.1 Å². The van der Waals surface area contributed by atoms with E-state index in [1.165, 1.54) is 0 Å². The third-order valence-electron chi connectivity index (χ3n) is 3.68. The highest BCUT2D eigenvalue weighted by atomic mass is 35.5. The van der Waals surface area contributed by atoms with Gasteiger partial charge in [-0.1, -0.05) is 18.5 Å². The highest BCUT2D eigenvalue weighted by Crippen LogP contribution is 2.36. The lowest BCUT2D eigenvalue weighted by Gasteiger charge is -2.35. The Morgan fingerprint density at radius 2 is 1.56 bits per heavy atom. The van der Waals surface area contributed by atoms with Crippen molar-refractivity contribution in [2.75, 3.05) is 32.7 Å². The van der Waals surface area contributed by atoms with Gasteiger partial charge in [-0.2, -0.15) is 26.3 Å². The van der Waals surface area contributed by atoms with E-state index in [2.05, 4.69) is 4.74 Å². The lowest BCUT2D eigenvalue weighted by Crippen LogP contribution is -2.52. The van der Waals surface area contributed by atoms with Crippen molar-refractivity contribution >= 4 is 17.7 Å². The fraction of sp³-hybridized carbons (Fsp3) is 0.786. The molecule has 0 aromatic carbocycles. The van der Waals surface area contributed by atoms with Gasteiger partial charge in [0.2, 0.25) is 0 Å². The smallest absolute Gasteiger partial charge is 0.426 e. The molecule has 0 radical (unpaired) electrons. The molecule has 1 aliphatic heterocycles. The first-order valence-electron chi connectivity index (χ1n) is 7.51. The molecule has 1 rings (SSSR count). The second kappa shape index (κ2) is 8.48. The summed E-state index contributed by atoms with van der Waals surface area (Å²) in [5.41, 5.74) is 0.925. The SMILES string of the molecule is CCC(Cl)=C(C)CN1CCN(C(=O)OC(C(F)(F)F)C(F)(F)F)CC1. The molecule has 1 saturated heterocycles. The van der Waals surface area contributed by atoms with Gasteiger partial charge in [-0.25, -0.2) is 4.79 Å². The molecule has 0 aromatic heterocycles. The zero-order chi connectivity index (χ0) is 19.4. The Morgan fingerprint density at radius 1 is 1.08 bits per heavy atom. The third kappa shape index (κ3) is 6.58. The number of amides is 1.